The van der Waals surface area contributed by atoms with Crippen LogP contribution in [-0.2, 0) is 18.9 Å². The molecule has 0 aromatic heterocycles. The molecule has 104 valence electrons. The van der Waals surface area contributed by atoms with Crippen molar-refractivity contribution in [3.63, 3.8) is 0 Å². The van der Waals surface area contributed by atoms with E-state index in [0.29, 0.717) is 11.1 Å². The van der Waals surface area contributed by atoms with Gasteiger partial charge in [0, 0.05) is 5.56 Å². The number of Topliss-reactive ketones (excluding diaryl/α,β-unsaturated/α-hetero) is 1. The number of carbonyl (C=O) groups is 2. The van der Waals surface area contributed by atoms with Crippen LogP contribution in [0.25, 0.3) is 0 Å². The molecule has 0 heterocycles. The predicted octanol–water partition coefficient (Wildman–Crippen LogP) is 2.19. The second kappa shape index (κ2) is 6.10. The van der Waals surface area contributed by atoms with Gasteiger partial charge in [0.15, 0.2) is 5.75 Å². The molecule has 4 nitrogen and oxygen atoms in total. The van der Waals surface area contributed by atoms with E-state index in [-0.39, 0.29) is 17.6 Å². The van der Waals surface area contributed by atoms with Crippen LogP contribution in [0.15, 0.2) is 24.3 Å². The predicted molar refractivity (Wildman–Crippen MR) is 76.1 cm³/mol. The molecule has 0 atom stereocenters. The van der Waals surface area contributed by atoms with Gasteiger partial charge in [0.2, 0.25) is 5.78 Å². The zero-order chi connectivity index (χ0) is 14.6. The number of carbonyl (C=O) groups excluding carboxylic acids is 2. The van der Waals surface area contributed by atoms with Crippen molar-refractivity contribution in [2.75, 3.05) is 18.3 Å². The lowest BCUT2D eigenvalue weighted by Gasteiger charge is -2.08. The summed E-state index contributed by atoms with van der Waals surface area (Å²) in [5.41, 5.74) is 0.858. The Labute approximate surface area is 114 Å². The van der Waals surface area contributed by atoms with Crippen LogP contribution in [0.4, 0.5) is 0 Å². The highest BCUT2D eigenvalue weighted by Gasteiger charge is 2.20. The molecule has 0 radical (unpaired) electrons. The van der Waals surface area contributed by atoms with Crippen molar-refractivity contribution in [3.05, 3.63) is 35.4 Å². The number of benzene rings is 1. The van der Waals surface area contributed by atoms with Gasteiger partial charge in [0.05, 0.1) is 21.6 Å². The molecule has 0 aliphatic rings. The minimum absolute atomic E-state index is 0.0167. The Bertz CT molecular complexity index is 511. The van der Waals surface area contributed by atoms with Gasteiger partial charge in [-0.05, 0) is 26.0 Å². The maximum Gasteiger partial charge on any atom is 0.338 e. The number of ether oxygens (including phenoxy) is 1. The molecule has 0 bridgehead atoms. The average molecular weight is 283 g/mol. The van der Waals surface area contributed by atoms with Gasteiger partial charge in [-0.15, -0.1) is 4.21 Å². The summed E-state index contributed by atoms with van der Waals surface area (Å²) in [6.45, 7) is 3.55. The molecule has 0 saturated carbocycles. The zero-order valence-electron chi connectivity index (χ0n) is 11.6. The minimum atomic E-state index is -2.11. The SMILES string of the molecule is CC(C)OC(=O)c1ccc(C(=O)C[S+](C)(C)=O)cc1. The van der Waals surface area contributed by atoms with E-state index in [1.165, 1.54) is 0 Å². The van der Waals surface area contributed by atoms with Crippen LogP contribution in [-0.4, -0.2) is 36.1 Å². The third kappa shape index (κ3) is 5.34. The lowest BCUT2D eigenvalue weighted by Crippen LogP contribution is -2.19. The lowest BCUT2D eigenvalue weighted by molar-refractivity contribution is 0.0377. The first-order chi connectivity index (χ1) is 8.69. The fourth-order valence-electron chi connectivity index (χ4n) is 1.47. The zero-order valence-corrected chi connectivity index (χ0v) is 12.5. The van der Waals surface area contributed by atoms with Crippen molar-refractivity contribution in [3.8, 4) is 0 Å². The molecule has 0 N–H and O–H groups in total. The summed E-state index contributed by atoms with van der Waals surface area (Å²) in [7, 11) is -2.11. The molecule has 0 aliphatic heterocycles. The van der Waals surface area contributed by atoms with Crippen LogP contribution >= 0.6 is 0 Å². The Kier molecular flexibility index (Phi) is 5.00. The summed E-state index contributed by atoms with van der Waals surface area (Å²) >= 11 is 0. The Morgan fingerprint density at radius 1 is 1.11 bits per heavy atom. The Morgan fingerprint density at radius 3 is 2.00 bits per heavy atom. The van der Waals surface area contributed by atoms with Crippen molar-refractivity contribution in [2.24, 2.45) is 0 Å². The molecular formula is C14H19O4S+. The number of rotatable bonds is 5. The number of ketones is 1. The molecule has 19 heavy (non-hydrogen) atoms. The van der Waals surface area contributed by atoms with E-state index in [0.717, 1.165) is 0 Å². The maximum absolute atomic E-state index is 11.8. The summed E-state index contributed by atoms with van der Waals surface area (Å²) in [6, 6.07) is 6.21. The minimum Gasteiger partial charge on any atom is -0.459 e. The maximum atomic E-state index is 11.8. The molecule has 1 rings (SSSR count). The Balaban J connectivity index is 2.79. The van der Waals surface area contributed by atoms with Gasteiger partial charge in [-0.1, -0.05) is 12.1 Å². The highest BCUT2D eigenvalue weighted by atomic mass is 32.2. The number of hydrogen-bond donors (Lipinski definition) is 0. The molecular weight excluding hydrogens is 264 g/mol. The van der Waals surface area contributed by atoms with Crippen LogP contribution in [0, 0.1) is 0 Å². The molecule has 0 spiro atoms. The van der Waals surface area contributed by atoms with Crippen molar-refractivity contribution in [1.82, 2.24) is 0 Å². The fraction of sp³-hybridized carbons (Fsp3) is 0.429. The summed E-state index contributed by atoms with van der Waals surface area (Å²) in [4.78, 5) is 23.4. The largest absolute Gasteiger partial charge is 0.459 e. The highest BCUT2D eigenvalue weighted by Crippen LogP contribution is 2.10. The Hall–Kier alpha value is -1.49. The molecule has 5 heteroatoms. The van der Waals surface area contributed by atoms with Crippen LogP contribution in [0.2, 0.25) is 0 Å². The quantitative estimate of drug-likeness (QED) is 0.472. The molecule has 1 aromatic carbocycles. The number of esters is 1. The van der Waals surface area contributed by atoms with Crippen molar-refractivity contribution >= 4 is 21.7 Å². The molecule has 0 saturated heterocycles. The van der Waals surface area contributed by atoms with E-state index in [2.05, 4.69) is 0 Å². The van der Waals surface area contributed by atoms with E-state index < -0.39 is 15.9 Å². The average Bonchev–Trinajstić information content (AvgIpc) is 2.26. The third-order valence-electron chi connectivity index (χ3n) is 2.26. The van der Waals surface area contributed by atoms with Crippen LogP contribution in [0.1, 0.15) is 34.6 Å². The van der Waals surface area contributed by atoms with E-state index in [1.807, 2.05) is 0 Å². The smallest absolute Gasteiger partial charge is 0.338 e. The first-order valence-corrected chi connectivity index (χ1v) is 8.49. The fourth-order valence-corrected chi connectivity index (χ4v) is 2.27. The van der Waals surface area contributed by atoms with Crippen molar-refractivity contribution in [1.29, 1.82) is 0 Å². The topological polar surface area (TPSA) is 60.4 Å². The first-order valence-electron chi connectivity index (χ1n) is 5.95. The molecule has 0 fully saturated rings. The van der Waals surface area contributed by atoms with Gasteiger partial charge in [0.25, 0.3) is 0 Å². The van der Waals surface area contributed by atoms with Gasteiger partial charge < -0.3 is 4.74 Å². The summed E-state index contributed by atoms with van der Waals surface area (Å²) in [6.07, 6.45) is 2.93. The van der Waals surface area contributed by atoms with E-state index in [1.54, 1.807) is 50.6 Å². The summed E-state index contributed by atoms with van der Waals surface area (Å²) < 4.78 is 16.6. The lowest BCUT2D eigenvalue weighted by atomic mass is 10.1. The van der Waals surface area contributed by atoms with Crippen molar-refractivity contribution < 1.29 is 18.5 Å². The van der Waals surface area contributed by atoms with Gasteiger partial charge in [-0.25, -0.2) is 4.79 Å². The standard InChI is InChI=1S/C14H19O4S/c1-10(2)18-14(16)12-7-5-11(6-8-12)13(15)9-19(3,4)17/h5-8,10H,9H2,1-4H3/q+1. The van der Waals surface area contributed by atoms with E-state index in [9.17, 15) is 13.8 Å². The van der Waals surface area contributed by atoms with E-state index in [4.69, 9.17) is 4.74 Å². The normalized spacial score (nSPS) is 11.4. The monoisotopic (exact) mass is 283 g/mol. The van der Waals surface area contributed by atoms with Gasteiger partial charge in [-0.2, -0.15) is 0 Å². The van der Waals surface area contributed by atoms with Gasteiger partial charge >= 0.3 is 5.97 Å². The van der Waals surface area contributed by atoms with Gasteiger partial charge in [-0.3, -0.25) is 4.79 Å². The van der Waals surface area contributed by atoms with Crippen LogP contribution in [0.3, 0.4) is 0 Å². The van der Waals surface area contributed by atoms with E-state index >= 15 is 0 Å². The first kappa shape index (κ1) is 15.6. The van der Waals surface area contributed by atoms with Crippen molar-refractivity contribution in [2.45, 2.75) is 20.0 Å². The van der Waals surface area contributed by atoms with Gasteiger partial charge in [0.1, 0.15) is 12.5 Å². The molecule has 0 amide bonds. The second-order valence-corrected chi connectivity index (χ2v) is 8.20. The summed E-state index contributed by atoms with van der Waals surface area (Å²) in [5.74, 6) is -0.578. The molecule has 0 aliphatic carbocycles. The number of hydrogen-bond acceptors (Lipinski definition) is 4. The Morgan fingerprint density at radius 2 is 1.58 bits per heavy atom. The summed E-state index contributed by atoms with van der Waals surface area (Å²) in [5, 5.41) is 0. The van der Waals surface area contributed by atoms with Crippen LogP contribution < -0.4 is 0 Å². The highest BCUT2D eigenvalue weighted by molar-refractivity contribution is 8.02. The molecule has 1 aromatic rings. The second-order valence-electron chi connectivity index (χ2n) is 5.04. The third-order valence-corrected chi connectivity index (χ3v) is 3.22. The van der Waals surface area contributed by atoms with Crippen LogP contribution in [0.5, 0.6) is 0 Å². The molecule has 0 unspecified atom stereocenters.